The number of hydrogen-bond donors (Lipinski definition) is 2. The molecule has 0 saturated heterocycles. The van der Waals surface area contributed by atoms with Gasteiger partial charge in [0.15, 0.2) is 6.20 Å². The van der Waals surface area contributed by atoms with Crippen molar-refractivity contribution >= 4 is 46.2 Å². The van der Waals surface area contributed by atoms with Crippen LogP contribution in [0, 0.1) is 12.1 Å². The van der Waals surface area contributed by atoms with Gasteiger partial charge in [0.05, 0.1) is 19.9 Å². The molecule has 0 fully saturated rings. The van der Waals surface area contributed by atoms with Gasteiger partial charge in [-0.3, -0.25) is 0 Å². The lowest BCUT2D eigenvalue weighted by atomic mass is 9.81. The first-order chi connectivity index (χ1) is 11.4. The molecule has 0 aromatic carbocycles. The number of fused-ring (bicyclic) bond motifs is 1. The van der Waals surface area contributed by atoms with Gasteiger partial charge in [0.2, 0.25) is 11.7 Å². The van der Waals surface area contributed by atoms with Crippen molar-refractivity contribution in [2.24, 2.45) is 21.7 Å². The van der Waals surface area contributed by atoms with E-state index in [1.807, 2.05) is 13.0 Å². The Hall–Kier alpha value is -1.83. The highest BCUT2D eigenvalue weighted by molar-refractivity contribution is 7.20. The zero-order chi connectivity index (χ0) is 17.4. The highest BCUT2D eigenvalue weighted by Gasteiger charge is 2.33. The quantitative estimate of drug-likeness (QED) is 0.274. The van der Waals surface area contributed by atoms with Crippen LogP contribution >= 0.6 is 34.5 Å². The summed E-state index contributed by atoms with van der Waals surface area (Å²) < 4.78 is 2.10. The van der Waals surface area contributed by atoms with Crippen molar-refractivity contribution in [1.29, 1.82) is 0 Å². The maximum absolute atomic E-state index is 12.3. The largest absolute Gasteiger partial charge is 0.618 e. The summed E-state index contributed by atoms with van der Waals surface area (Å²) in [7, 11) is 0. The number of hydrogen-bond acceptors (Lipinski definition) is 4. The van der Waals surface area contributed by atoms with Crippen LogP contribution in [0.25, 0.3) is 0 Å². The molecule has 0 saturated carbocycles. The van der Waals surface area contributed by atoms with E-state index in [1.54, 1.807) is 6.07 Å². The van der Waals surface area contributed by atoms with Gasteiger partial charge in [-0.1, -0.05) is 23.2 Å². The van der Waals surface area contributed by atoms with Gasteiger partial charge in [-0.15, -0.1) is 16.4 Å². The lowest BCUT2D eigenvalue weighted by Crippen LogP contribution is -2.38. The Morgan fingerprint density at radius 2 is 2.12 bits per heavy atom. The standard InChI is InChI=1S/C15H15Cl2N5OS/c1-7-2-3-22(23)11-5-8(9-6-12(16)24-14(9)17)4-10(13(7)11)20-21-15(18)19/h2-3,6,8H,4-5H2,1H3,(H4,18,19,21)/b20-10-. The lowest BCUT2D eigenvalue weighted by molar-refractivity contribution is -0.614. The third-order valence-corrected chi connectivity index (χ3v) is 5.50. The molecule has 4 N–H and O–H groups in total. The predicted molar refractivity (Wildman–Crippen MR) is 97.9 cm³/mol. The summed E-state index contributed by atoms with van der Waals surface area (Å²) in [6.45, 7) is 1.93. The zero-order valence-corrected chi connectivity index (χ0v) is 15.1. The van der Waals surface area contributed by atoms with Gasteiger partial charge in [0, 0.05) is 18.4 Å². The van der Waals surface area contributed by atoms with E-state index in [9.17, 15) is 5.21 Å². The van der Waals surface area contributed by atoms with E-state index in [2.05, 4.69) is 10.2 Å². The minimum atomic E-state index is -0.133. The normalized spacial score (nSPS) is 18.5. The summed E-state index contributed by atoms with van der Waals surface area (Å²) in [4.78, 5) is 0. The predicted octanol–water partition coefficient (Wildman–Crippen LogP) is 2.70. The van der Waals surface area contributed by atoms with Gasteiger partial charge in [0.25, 0.3) is 0 Å². The topological polar surface area (TPSA) is 104 Å². The van der Waals surface area contributed by atoms with Crippen LogP contribution in [0.4, 0.5) is 0 Å². The summed E-state index contributed by atoms with van der Waals surface area (Å²) >= 11 is 13.7. The van der Waals surface area contributed by atoms with Gasteiger partial charge < -0.3 is 16.7 Å². The van der Waals surface area contributed by atoms with Gasteiger partial charge >= 0.3 is 0 Å². The lowest BCUT2D eigenvalue weighted by Gasteiger charge is -2.25. The van der Waals surface area contributed by atoms with Gasteiger partial charge in [-0.25, -0.2) is 0 Å². The van der Waals surface area contributed by atoms with Crippen molar-refractivity contribution in [3.8, 4) is 0 Å². The smallest absolute Gasteiger partial charge is 0.211 e. The molecule has 24 heavy (non-hydrogen) atoms. The van der Waals surface area contributed by atoms with Crippen molar-refractivity contribution in [3.05, 3.63) is 54.6 Å². The number of pyridine rings is 1. The summed E-state index contributed by atoms with van der Waals surface area (Å²) in [5.41, 5.74) is 14.7. The van der Waals surface area contributed by atoms with E-state index in [0.29, 0.717) is 32.9 Å². The van der Waals surface area contributed by atoms with E-state index < -0.39 is 0 Å². The van der Waals surface area contributed by atoms with Crippen LogP contribution in [-0.4, -0.2) is 11.7 Å². The second kappa shape index (κ2) is 6.58. The fourth-order valence-corrected chi connectivity index (χ4v) is 4.60. The van der Waals surface area contributed by atoms with E-state index >= 15 is 0 Å². The SMILES string of the molecule is Cc1cc[n+]([O-])c2c1/C(=N\N=C(N)N)CC(c1cc(Cl)sc1Cl)C2. The third kappa shape index (κ3) is 3.19. The molecular weight excluding hydrogens is 369 g/mol. The van der Waals surface area contributed by atoms with Crippen LogP contribution in [0.1, 0.15) is 34.7 Å². The van der Waals surface area contributed by atoms with Crippen LogP contribution < -0.4 is 16.2 Å². The molecule has 1 aliphatic carbocycles. The third-order valence-electron chi connectivity index (χ3n) is 3.99. The Balaban J connectivity index is 2.13. The number of aromatic nitrogens is 1. The molecule has 0 spiro atoms. The number of nitrogens with two attached hydrogens (primary N) is 2. The van der Waals surface area contributed by atoms with Gasteiger partial charge in [-0.2, -0.15) is 9.83 Å². The highest BCUT2D eigenvalue weighted by atomic mass is 35.5. The molecule has 9 heteroatoms. The van der Waals surface area contributed by atoms with E-state index in [0.717, 1.165) is 21.4 Å². The molecule has 0 aliphatic heterocycles. The molecule has 1 aliphatic rings. The molecule has 2 aromatic rings. The van der Waals surface area contributed by atoms with Crippen molar-refractivity contribution in [3.63, 3.8) is 0 Å². The van der Waals surface area contributed by atoms with Crippen LogP contribution in [0.15, 0.2) is 28.5 Å². The van der Waals surface area contributed by atoms with Crippen LogP contribution in [-0.2, 0) is 6.42 Å². The Morgan fingerprint density at radius 3 is 2.75 bits per heavy atom. The Bertz CT molecular complexity index is 858. The van der Waals surface area contributed by atoms with Crippen molar-refractivity contribution in [2.45, 2.75) is 25.7 Å². The number of guanidine groups is 1. The Kier molecular flexibility index (Phi) is 4.67. The number of halogens is 2. The van der Waals surface area contributed by atoms with Crippen molar-refractivity contribution < 1.29 is 4.73 Å². The van der Waals surface area contributed by atoms with E-state index in [1.165, 1.54) is 17.5 Å². The highest BCUT2D eigenvalue weighted by Crippen LogP contribution is 2.41. The Labute approximate surface area is 153 Å². The monoisotopic (exact) mass is 383 g/mol. The molecule has 6 nitrogen and oxygen atoms in total. The fourth-order valence-electron chi connectivity index (χ4n) is 2.98. The maximum atomic E-state index is 12.3. The fraction of sp³-hybridized carbons (Fsp3) is 0.267. The number of thiophene rings is 1. The molecule has 0 amide bonds. The molecule has 0 radical (unpaired) electrons. The molecule has 3 rings (SSSR count). The first-order valence-electron chi connectivity index (χ1n) is 7.19. The summed E-state index contributed by atoms with van der Waals surface area (Å²) in [5, 5.41) is 20.2. The average molecular weight is 384 g/mol. The average Bonchev–Trinajstić information content (AvgIpc) is 2.87. The molecule has 1 unspecified atom stereocenters. The second-order valence-corrected chi connectivity index (χ2v) is 7.89. The minimum absolute atomic E-state index is 0.0105. The first-order valence-corrected chi connectivity index (χ1v) is 8.76. The number of nitrogens with zero attached hydrogens (tertiary/aromatic N) is 3. The Morgan fingerprint density at radius 1 is 1.38 bits per heavy atom. The zero-order valence-electron chi connectivity index (χ0n) is 12.8. The minimum Gasteiger partial charge on any atom is -0.618 e. The van der Waals surface area contributed by atoms with E-state index in [-0.39, 0.29) is 11.9 Å². The molecule has 2 aromatic heterocycles. The molecule has 126 valence electrons. The maximum Gasteiger partial charge on any atom is 0.211 e. The number of rotatable bonds is 2. The van der Waals surface area contributed by atoms with Crippen LogP contribution in [0.2, 0.25) is 8.67 Å². The molecular formula is C15H15Cl2N5OS. The van der Waals surface area contributed by atoms with Crippen LogP contribution in [0.3, 0.4) is 0 Å². The summed E-state index contributed by atoms with van der Waals surface area (Å²) in [5.74, 6) is -0.143. The van der Waals surface area contributed by atoms with Crippen molar-refractivity contribution in [1.82, 2.24) is 0 Å². The van der Waals surface area contributed by atoms with Gasteiger partial charge in [-0.05, 0) is 30.5 Å². The molecule has 1 atom stereocenters. The van der Waals surface area contributed by atoms with Crippen LogP contribution in [0.5, 0.6) is 0 Å². The summed E-state index contributed by atoms with van der Waals surface area (Å²) in [6, 6.07) is 3.60. The number of aryl methyl sites for hydroxylation is 1. The first kappa shape index (κ1) is 17.0. The molecule has 0 bridgehead atoms. The summed E-state index contributed by atoms with van der Waals surface area (Å²) in [6.07, 6.45) is 2.62. The second-order valence-electron chi connectivity index (χ2n) is 5.60. The van der Waals surface area contributed by atoms with Gasteiger partial charge in [0.1, 0.15) is 0 Å². The van der Waals surface area contributed by atoms with Crippen molar-refractivity contribution in [2.75, 3.05) is 0 Å². The van der Waals surface area contributed by atoms with E-state index in [4.69, 9.17) is 34.7 Å². The molecule has 2 heterocycles.